The zero-order valence-electron chi connectivity index (χ0n) is 20.6. The van der Waals surface area contributed by atoms with Crippen molar-refractivity contribution in [3.8, 4) is 28.4 Å². The maximum Gasteiger partial charge on any atom is 0.257 e. The highest BCUT2D eigenvalue weighted by atomic mass is 16.5. The molecule has 2 aromatic carbocycles. The topological polar surface area (TPSA) is 86.1 Å². The predicted octanol–water partition coefficient (Wildman–Crippen LogP) is 3.02. The third kappa shape index (κ3) is 4.66. The van der Waals surface area contributed by atoms with Crippen LogP contribution < -0.4 is 9.47 Å². The van der Waals surface area contributed by atoms with Gasteiger partial charge in [-0.2, -0.15) is 5.10 Å². The number of rotatable bonds is 6. The average molecular weight is 491 g/mol. The number of aromatic nitrogens is 2. The van der Waals surface area contributed by atoms with Crippen LogP contribution in [0.2, 0.25) is 0 Å². The van der Waals surface area contributed by atoms with E-state index in [4.69, 9.17) is 19.3 Å². The number of ether oxygens (including phenoxy) is 3. The molecule has 2 fully saturated rings. The number of hydrogen-bond acceptors (Lipinski definition) is 6. The van der Waals surface area contributed by atoms with Crippen LogP contribution in [0.1, 0.15) is 23.2 Å². The summed E-state index contributed by atoms with van der Waals surface area (Å²) in [6.45, 7) is 2.53. The van der Waals surface area contributed by atoms with Gasteiger partial charge in [-0.3, -0.25) is 9.59 Å². The molecule has 2 aliphatic heterocycles. The van der Waals surface area contributed by atoms with Gasteiger partial charge in [-0.05, 0) is 43.2 Å². The molecule has 0 spiro atoms. The summed E-state index contributed by atoms with van der Waals surface area (Å²) in [5.74, 6) is 1.07. The molecule has 188 valence electrons. The molecule has 0 saturated carbocycles. The van der Waals surface area contributed by atoms with Crippen LogP contribution in [0, 0.1) is 0 Å². The summed E-state index contributed by atoms with van der Waals surface area (Å²) in [4.78, 5) is 30.1. The maximum absolute atomic E-state index is 13.7. The van der Waals surface area contributed by atoms with Crippen LogP contribution in [0.15, 0.2) is 54.7 Å². The first-order valence-electron chi connectivity index (χ1n) is 12.2. The van der Waals surface area contributed by atoms with Gasteiger partial charge >= 0.3 is 0 Å². The normalized spacial score (nSPS) is 17.8. The number of carbonyl (C=O) groups is 2. The Labute approximate surface area is 210 Å². The molecular weight excluding hydrogens is 460 g/mol. The van der Waals surface area contributed by atoms with E-state index in [0.29, 0.717) is 55.5 Å². The highest BCUT2D eigenvalue weighted by molar-refractivity contribution is 6.00. The minimum absolute atomic E-state index is 0.0301. The molecule has 2 aliphatic rings. The van der Waals surface area contributed by atoms with E-state index in [9.17, 15) is 9.59 Å². The van der Waals surface area contributed by atoms with E-state index in [-0.39, 0.29) is 17.9 Å². The smallest absolute Gasteiger partial charge is 0.257 e. The van der Waals surface area contributed by atoms with Crippen LogP contribution in [0.25, 0.3) is 16.9 Å². The van der Waals surface area contributed by atoms with E-state index in [0.717, 1.165) is 24.1 Å². The fourth-order valence-corrected chi connectivity index (χ4v) is 4.72. The first-order chi connectivity index (χ1) is 17.6. The first kappa shape index (κ1) is 23.9. The van der Waals surface area contributed by atoms with Crippen LogP contribution in [0.3, 0.4) is 0 Å². The maximum atomic E-state index is 13.7. The number of hydrogen-bond donors (Lipinski definition) is 0. The molecule has 0 radical (unpaired) electrons. The lowest BCUT2D eigenvalue weighted by Crippen LogP contribution is -2.52. The van der Waals surface area contributed by atoms with Crippen LogP contribution >= 0.6 is 0 Å². The predicted molar refractivity (Wildman–Crippen MR) is 134 cm³/mol. The molecule has 5 rings (SSSR count). The number of benzene rings is 2. The summed E-state index contributed by atoms with van der Waals surface area (Å²) in [6, 6.07) is 15.2. The summed E-state index contributed by atoms with van der Waals surface area (Å²) in [7, 11) is 3.16. The van der Waals surface area contributed by atoms with Gasteiger partial charge in [-0.25, -0.2) is 4.68 Å². The van der Waals surface area contributed by atoms with Gasteiger partial charge in [0, 0.05) is 44.5 Å². The largest absolute Gasteiger partial charge is 0.493 e. The second kappa shape index (κ2) is 10.4. The SMILES string of the molecule is COc1ccc(-c2nn(-c3ccccc3)cc2C(=O)N2CCN(C(=O)C3CCCO3)CC2)cc1OC. The number of methoxy groups -OCH3 is 2. The first-order valence-corrected chi connectivity index (χ1v) is 12.2. The average Bonchev–Trinajstić information content (AvgIpc) is 3.63. The van der Waals surface area contributed by atoms with Crippen LogP contribution in [-0.2, 0) is 9.53 Å². The van der Waals surface area contributed by atoms with Crippen molar-refractivity contribution in [2.45, 2.75) is 18.9 Å². The van der Waals surface area contributed by atoms with Crippen molar-refractivity contribution in [3.63, 3.8) is 0 Å². The Morgan fingerprint density at radius 2 is 1.67 bits per heavy atom. The third-order valence-corrected chi connectivity index (χ3v) is 6.71. The van der Waals surface area contributed by atoms with Gasteiger partial charge in [0.2, 0.25) is 0 Å². The van der Waals surface area contributed by atoms with Crippen molar-refractivity contribution in [2.75, 3.05) is 47.0 Å². The Hall–Kier alpha value is -3.85. The minimum atomic E-state index is -0.340. The van der Waals surface area contributed by atoms with E-state index in [2.05, 4.69) is 0 Å². The summed E-state index contributed by atoms with van der Waals surface area (Å²) < 4.78 is 18.1. The molecule has 0 bridgehead atoms. The molecule has 1 aromatic heterocycles. The molecule has 36 heavy (non-hydrogen) atoms. The number of piperazine rings is 1. The lowest BCUT2D eigenvalue weighted by atomic mass is 10.1. The van der Waals surface area contributed by atoms with Gasteiger partial charge in [0.15, 0.2) is 11.5 Å². The molecular formula is C27H30N4O5. The zero-order valence-corrected chi connectivity index (χ0v) is 20.6. The summed E-state index contributed by atoms with van der Waals surface area (Å²) in [5, 5.41) is 4.78. The highest BCUT2D eigenvalue weighted by Crippen LogP contribution is 2.34. The fraction of sp³-hybridized carbons (Fsp3) is 0.370. The minimum Gasteiger partial charge on any atom is -0.493 e. The number of nitrogens with zero attached hydrogens (tertiary/aromatic N) is 4. The molecule has 3 heterocycles. The van der Waals surface area contributed by atoms with Crippen molar-refractivity contribution in [1.29, 1.82) is 0 Å². The second-order valence-electron chi connectivity index (χ2n) is 8.86. The molecule has 1 atom stereocenters. The van der Waals surface area contributed by atoms with Crippen molar-refractivity contribution in [2.24, 2.45) is 0 Å². The fourth-order valence-electron chi connectivity index (χ4n) is 4.72. The molecule has 2 saturated heterocycles. The van der Waals surface area contributed by atoms with Crippen molar-refractivity contribution in [1.82, 2.24) is 19.6 Å². The molecule has 2 amide bonds. The van der Waals surface area contributed by atoms with E-state index in [1.54, 1.807) is 36.1 Å². The van der Waals surface area contributed by atoms with E-state index >= 15 is 0 Å². The Morgan fingerprint density at radius 1 is 0.944 bits per heavy atom. The Morgan fingerprint density at radius 3 is 2.33 bits per heavy atom. The standard InChI is InChI=1S/C27H30N4O5/c1-34-22-11-10-19(17-24(22)35-2)25-21(18-31(28-25)20-7-4-3-5-8-20)26(32)29-12-14-30(15-13-29)27(33)23-9-6-16-36-23/h3-5,7-8,10-11,17-18,23H,6,9,12-16H2,1-2H3. The molecule has 9 heteroatoms. The summed E-state index contributed by atoms with van der Waals surface area (Å²) in [5.41, 5.74) is 2.65. The second-order valence-corrected chi connectivity index (χ2v) is 8.86. The van der Waals surface area contributed by atoms with Crippen molar-refractivity contribution in [3.05, 3.63) is 60.3 Å². The molecule has 0 N–H and O–H groups in total. The van der Waals surface area contributed by atoms with Crippen LogP contribution in [-0.4, -0.2) is 84.5 Å². The van der Waals surface area contributed by atoms with Gasteiger partial charge in [0.25, 0.3) is 11.8 Å². The quantitative estimate of drug-likeness (QED) is 0.528. The monoisotopic (exact) mass is 490 g/mol. The van der Waals surface area contributed by atoms with Crippen molar-refractivity contribution >= 4 is 11.8 Å². The zero-order chi connectivity index (χ0) is 25.1. The van der Waals surface area contributed by atoms with E-state index in [1.807, 2.05) is 47.4 Å². The van der Waals surface area contributed by atoms with E-state index in [1.165, 1.54) is 0 Å². The lowest BCUT2D eigenvalue weighted by molar-refractivity contribution is -0.142. The summed E-state index contributed by atoms with van der Waals surface area (Å²) in [6.07, 6.45) is 3.12. The van der Waals surface area contributed by atoms with Gasteiger partial charge in [-0.1, -0.05) is 18.2 Å². The Bertz CT molecular complexity index is 1230. The van der Waals surface area contributed by atoms with Crippen molar-refractivity contribution < 1.29 is 23.8 Å². The highest BCUT2D eigenvalue weighted by Gasteiger charge is 2.32. The van der Waals surface area contributed by atoms with E-state index < -0.39 is 0 Å². The van der Waals surface area contributed by atoms with Gasteiger partial charge in [-0.15, -0.1) is 0 Å². The van der Waals surface area contributed by atoms with Gasteiger partial charge in [0.1, 0.15) is 11.8 Å². The Kier molecular flexibility index (Phi) is 6.90. The van der Waals surface area contributed by atoms with Crippen LogP contribution in [0.4, 0.5) is 0 Å². The molecule has 9 nitrogen and oxygen atoms in total. The molecule has 3 aromatic rings. The molecule has 0 aliphatic carbocycles. The Balaban J connectivity index is 1.42. The van der Waals surface area contributed by atoms with Crippen LogP contribution in [0.5, 0.6) is 11.5 Å². The number of para-hydroxylation sites is 1. The van der Waals surface area contributed by atoms with Gasteiger partial charge < -0.3 is 24.0 Å². The molecule has 1 unspecified atom stereocenters. The third-order valence-electron chi connectivity index (χ3n) is 6.71. The lowest BCUT2D eigenvalue weighted by Gasteiger charge is -2.35. The van der Waals surface area contributed by atoms with Gasteiger partial charge in [0.05, 0.1) is 25.5 Å². The summed E-state index contributed by atoms with van der Waals surface area (Å²) >= 11 is 0. The number of carbonyl (C=O) groups excluding carboxylic acids is 2. The number of amides is 2.